The van der Waals surface area contributed by atoms with Gasteiger partial charge >= 0.3 is 0 Å². The minimum atomic E-state index is -3.67. The Kier molecular flexibility index (Phi) is 5.49. The lowest BCUT2D eigenvalue weighted by molar-refractivity contribution is 0.601. The van der Waals surface area contributed by atoms with Gasteiger partial charge in [-0.1, -0.05) is 30.7 Å². The number of nitrogens with zero attached hydrogens (tertiary/aromatic N) is 3. The lowest BCUT2D eigenvalue weighted by Gasteiger charge is -2.14. The Morgan fingerprint density at radius 2 is 1.96 bits per heavy atom. The summed E-state index contributed by atoms with van der Waals surface area (Å²) in [5.41, 5.74) is 2.26. The number of benzene rings is 1. The molecule has 3 aromatic rings. The third-order valence-electron chi connectivity index (χ3n) is 3.82. The van der Waals surface area contributed by atoms with Gasteiger partial charge in [-0.2, -0.15) is 0 Å². The van der Waals surface area contributed by atoms with Crippen molar-refractivity contribution >= 4 is 27.3 Å². The van der Waals surface area contributed by atoms with E-state index in [1.54, 1.807) is 18.3 Å². The third-order valence-corrected chi connectivity index (χ3v) is 5.37. The van der Waals surface area contributed by atoms with E-state index in [4.69, 9.17) is 11.6 Å². The van der Waals surface area contributed by atoms with Crippen molar-refractivity contribution in [2.75, 3.05) is 4.72 Å². The van der Waals surface area contributed by atoms with Crippen molar-refractivity contribution < 1.29 is 8.42 Å². The van der Waals surface area contributed by atoms with Crippen LogP contribution < -0.4 is 4.72 Å². The van der Waals surface area contributed by atoms with E-state index in [1.165, 1.54) is 24.7 Å². The van der Waals surface area contributed by atoms with Crippen molar-refractivity contribution in [1.29, 1.82) is 0 Å². The van der Waals surface area contributed by atoms with E-state index in [2.05, 4.69) is 19.7 Å². The molecule has 0 unspecified atom stereocenters. The number of sulfonamides is 1. The lowest BCUT2D eigenvalue weighted by atomic mass is 9.96. The van der Waals surface area contributed by atoms with E-state index >= 15 is 0 Å². The van der Waals surface area contributed by atoms with Crippen LogP contribution >= 0.6 is 11.6 Å². The monoisotopic (exact) mass is 388 g/mol. The van der Waals surface area contributed by atoms with Gasteiger partial charge in [-0.25, -0.2) is 13.4 Å². The van der Waals surface area contributed by atoms with Crippen LogP contribution in [0.2, 0.25) is 5.15 Å². The van der Waals surface area contributed by atoms with Crippen LogP contribution in [0.15, 0.2) is 66.1 Å². The summed E-state index contributed by atoms with van der Waals surface area (Å²) in [6.07, 6.45) is 6.65. The lowest BCUT2D eigenvalue weighted by Crippen LogP contribution is -2.13. The molecule has 0 spiro atoms. The molecule has 1 N–H and O–H groups in total. The maximum atomic E-state index is 12.4. The van der Waals surface area contributed by atoms with Crippen molar-refractivity contribution in [3.05, 3.63) is 77.6 Å². The third kappa shape index (κ3) is 4.56. The fourth-order valence-electron chi connectivity index (χ4n) is 2.54. The summed E-state index contributed by atoms with van der Waals surface area (Å²) in [5.74, 6) is 0.116. The molecular weight excluding hydrogens is 372 g/mol. The second-order valence-corrected chi connectivity index (χ2v) is 7.93. The van der Waals surface area contributed by atoms with Crippen LogP contribution in [-0.2, 0) is 16.4 Å². The van der Waals surface area contributed by atoms with Gasteiger partial charge in [0.25, 0.3) is 10.0 Å². The Hall–Kier alpha value is -2.51. The summed E-state index contributed by atoms with van der Waals surface area (Å²) in [4.78, 5) is 12.3. The van der Waals surface area contributed by atoms with Gasteiger partial charge in [-0.3, -0.25) is 14.7 Å². The Labute approximate surface area is 157 Å². The van der Waals surface area contributed by atoms with E-state index < -0.39 is 10.0 Å². The predicted octanol–water partition coefficient (Wildman–Crippen LogP) is 3.67. The first-order valence-electron chi connectivity index (χ1n) is 7.93. The normalized spacial score (nSPS) is 12.5. The minimum absolute atomic E-state index is 0.116. The molecule has 0 saturated carbocycles. The largest absolute Gasteiger partial charge is 0.280 e. The molecule has 3 rings (SSSR count). The van der Waals surface area contributed by atoms with Crippen LogP contribution in [0, 0.1) is 0 Å². The molecule has 0 aliphatic carbocycles. The topological polar surface area (TPSA) is 84.8 Å². The van der Waals surface area contributed by atoms with Crippen LogP contribution in [0.3, 0.4) is 0 Å². The number of hydrogen-bond acceptors (Lipinski definition) is 5. The van der Waals surface area contributed by atoms with Crippen molar-refractivity contribution in [2.24, 2.45) is 0 Å². The van der Waals surface area contributed by atoms with Crippen molar-refractivity contribution in [3.63, 3.8) is 0 Å². The first-order valence-corrected chi connectivity index (χ1v) is 9.79. The van der Waals surface area contributed by atoms with Crippen LogP contribution in [0.4, 0.5) is 5.69 Å². The molecular formula is C18H17ClN4O2S. The number of nitrogens with one attached hydrogen (secondary N) is 1. The first kappa shape index (κ1) is 18.3. The van der Waals surface area contributed by atoms with Gasteiger partial charge in [0.2, 0.25) is 0 Å². The van der Waals surface area contributed by atoms with Gasteiger partial charge in [-0.05, 0) is 42.2 Å². The summed E-state index contributed by atoms with van der Waals surface area (Å²) >= 11 is 5.87. The van der Waals surface area contributed by atoms with E-state index in [0.29, 0.717) is 17.3 Å². The zero-order valence-electron chi connectivity index (χ0n) is 14.0. The van der Waals surface area contributed by atoms with Crippen LogP contribution in [0.1, 0.15) is 24.1 Å². The highest BCUT2D eigenvalue weighted by Gasteiger charge is 2.15. The molecule has 0 amide bonds. The first-order chi connectivity index (χ1) is 12.4. The van der Waals surface area contributed by atoms with Crippen molar-refractivity contribution in [3.8, 4) is 0 Å². The van der Waals surface area contributed by atoms with Gasteiger partial charge in [0.15, 0.2) is 0 Å². The molecule has 0 bridgehead atoms. The SMILES string of the molecule is C[C@H](Cc1cncc(Cl)n1)c1cccc(NS(=O)(=O)c2cccnc2)c1. The van der Waals surface area contributed by atoms with Crippen LogP contribution in [0.5, 0.6) is 0 Å². The van der Waals surface area contributed by atoms with E-state index in [0.717, 1.165) is 11.3 Å². The minimum Gasteiger partial charge on any atom is -0.280 e. The zero-order valence-corrected chi connectivity index (χ0v) is 15.6. The highest BCUT2D eigenvalue weighted by Crippen LogP contribution is 2.24. The quantitative estimate of drug-likeness (QED) is 0.696. The average Bonchev–Trinajstić information content (AvgIpc) is 2.62. The Balaban J connectivity index is 1.78. The Morgan fingerprint density at radius 3 is 2.69 bits per heavy atom. The van der Waals surface area contributed by atoms with Gasteiger partial charge in [0.05, 0.1) is 11.9 Å². The summed E-state index contributed by atoms with van der Waals surface area (Å²) < 4.78 is 27.4. The molecule has 134 valence electrons. The number of aromatic nitrogens is 3. The summed E-state index contributed by atoms with van der Waals surface area (Å²) in [6, 6.07) is 10.4. The second-order valence-electron chi connectivity index (χ2n) is 5.86. The highest BCUT2D eigenvalue weighted by molar-refractivity contribution is 7.92. The molecule has 0 radical (unpaired) electrons. The molecule has 0 aliphatic heterocycles. The standard InChI is InChI=1S/C18H17ClN4O2S/c1-13(8-16-10-21-12-18(19)22-16)14-4-2-5-15(9-14)23-26(24,25)17-6-3-7-20-11-17/h2-7,9-13,23H,8H2,1H3/t13-/m1/s1. The number of anilines is 1. The highest BCUT2D eigenvalue weighted by atomic mass is 35.5. The summed E-state index contributed by atoms with van der Waals surface area (Å²) in [5, 5.41) is 0.354. The number of rotatable bonds is 6. The molecule has 8 heteroatoms. The fraction of sp³-hybridized carbons (Fsp3) is 0.167. The van der Waals surface area contributed by atoms with E-state index in [-0.39, 0.29) is 10.8 Å². The van der Waals surface area contributed by atoms with Gasteiger partial charge < -0.3 is 0 Å². The number of hydrogen-bond donors (Lipinski definition) is 1. The van der Waals surface area contributed by atoms with Gasteiger partial charge in [-0.15, -0.1) is 0 Å². The maximum Gasteiger partial charge on any atom is 0.263 e. The smallest absolute Gasteiger partial charge is 0.263 e. The molecule has 0 saturated heterocycles. The van der Waals surface area contributed by atoms with E-state index in [1.807, 2.05) is 25.1 Å². The number of pyridine rings is 1. The second kappa shape index (κ2) is 7.80. The molecule has 2 heterocycles. The zero-order chi connectivity index (χ0) is 18.6. The van der Waals surface area contributed by atoms with Crippen molar-refractivity contribution in [1.82, 2.24) is 15.0 Å². The summed E-state index contributed by atoms with van der Waals surface area (Å²) in [6.45, 7) is 2.04. The molecule has 0 aliphatic rings. The van der Waals surface area contributed by atoms with Crippen molar-refractivity contribution in [2.45, 2.75) is 24.2 Å². The Bertz CT molecular complexity index is 997. The number of halogens is 1. The molecule has 6 nitrogen and oxygen atoms in total. The molecule has 26 heavy (non-hydrogen) atoms. The molecule has 1 aromatic carbocycles. The predicted molar refractivity (Wildman–Crippen MR) is 101 cm³/mol. The van der Waals surface area contributed by atoms with Crippen LogP contribution in [-0.4, -0.2) is 23.4 Å². The van der Waals surface area contributed by atoms with Crippen LogP contribution in [0.25, 0.3) is 0 Å². The average molecular weight is 389 g/mol. The summed E-state index contributed by atoms with van der Waals surface area (Å²) in [7, 11) is -3.67. The van der Waals surface area contributed by atoms with Gasteiger partial charge in [0, 0.05) is 24.3 Å². The Morgan fingerprint density at radius 1 is 1.12 bits per heavy atom. The molecule has 1 atom stereocenters. The van der Waals surface area contributed by atoms with E-state index in [9.17, 15) is 8.42 Å². The maximum absolute atomic E-state index is 12.4. The van der Waals surface area contributed by atoms with Gasteiger partial charge in [0.1, 0.15) is 10.0 Å². The molecule has 0 fully saturated rings. The molecule has 2 aromatic heterocycles. The fourth-order valence-corrected chi connectivity index (χ4v) is 3.72.